The molecule has 0 amide bonds. The van der Waals surface area contributed by atoms with Gasteiger partial charge in [-0.15, -0.1) is 45.9 Å². The summed E-state index contributed by atoms with van der Waals surface area (Å²) in [6, 6.07) is 4.08. The molecule has 0 heterocycles. The lowest BCUT2D eigenvalue weighted by molar-refractivity contribution is 1.22. The molecular weight excluding hydrogens is 379 g/mol. The van der Waals surface area contributed by atoms with E-state index in [-0.39, 0.29) is 0 Å². The third-order valence-corrected chi connectivity index (χ3v) is 16.7. The molecule has 0 aliphatic rings. The van der Waals surface area contributed by atoms with E-state index in [1.165, 1.54) is 18.1 Å². The minimum Gasteiger partial charge on any atom is -0.107 e. The van der Waals surface area contributed by atoms with Gasteiger partial charge in [0.15, 0.2) is 0 Å². The Kier molecular flexibility index (Phi) is 6.66. The second-order valence-corrected chi connectivity index (χ2v) is 31.0. The Balaban J connectivity index is 4.30. The van der Waals surface area contributed by atoms with Crippen LogP contribution in [0.2, 0.25) is 18.1 Å². The van der Waals surface area contributed by atoms with Crippen LogP contribution in [0.3, 0.4) is 0 Å². The molecule has 6 heteroatoms. The summed E-state index contributed by atoms with van der Waals surface area (Å²) in [4.78, 5) is 0. The molecule has 0 aromatic rings. The number of hydrogen-bond donors (Lipinski definition) is 0. The van der Waals surface area contributed by atoms with Crippen molar-refractivity contribution in [3.8, 4) is 0 Å². The molecule has 0 N–H and O–H groups in total. The SMILES string of the molecule is CC[Si]([B][Si](Br)(Br)Br)(CC)CC. The summed E-state index contributed by atoms with van der Waals surface area (Å²) >= 11 is 11.1. The fourth-order valence-corrected chi connectivity index (χ4v) is 21.2. The highest BCUT2D eigenvalue weighted by atomic mass is 80.0. The summed E-state index contributed by atoms with van der Waals surface area (Å²) in [6.45, 7) is 9.54. The second kappa shape index (κ2) is 5.73. The second-order valence-electron chi connectivity index (χ2n) is 3.11. The molecule has 0 nitrogen and oxygen atoms in total. The molecule has 0 spiro atoms. The lowest BCUT2D eigenvalue weighted by atomic mass is 10.7. The van der Waals surface area contributed by atoms with Gasteiger partial charge in [0.1, 0.15) is 6.46 Å². The Morgan fingerprint density at radius 3 is 1.33 bits per heavy atom. The van der Waals surface area contributed by atoms with Crippen molar-refractivity contribution in [2.75, 3.05) is 0 Å². The van der Waals surface area contributed by atoms with Crippen LogP contribution in [0.4, 0.5) is 0 Å². The molecule has 0 atom stereocenters. The van der Waals surface area contributed by atoms with Crippen molar-refractivity contribution in [1.82, 2.24) is 0 Å². The van der Waals surface area contributed by atoms with E-state index in [0.717, 1.165) is 0 Å². The Hall–Kier alpha value is 1.94. The van der Waals surface area contributed by atoms with Crippen LogP contribution in [0.25, 0.3) is 0 Å². The molecule has 12 heavy (non-hydrogen) atoms. The van der Waals surface area contributed by atoms with Gasteiger partial charge < -0.3 is 0 Å². The highest BCUT2D eigenvalue weighted by Gasteiger charge is 2.37. The lowest BCUT2D eigenvalue weighted by Crippen LogP contribution is -2.47. The lowest BCUT2D eigenvalue weighted by Gasteiger charge is -2.30. The summed E-state index contributed by atoms with van der Waals surface area (Å²) in [5, 5.41) is 0. The molecule has 0 aromatic heterocycles. The maximum atomic E-state index is 3.69. The maximum absolute atomic E-state index is 3.69. The van der Waals surface area contributed by atoms with Crippen molar-refractivity contribution in [3.05, 3.63) is 0 Å². The molecular formula is C6H15BBr3Si2. The van der Waals surface area contributed by atoms with E-state index in [2.05, 4.69) is 73.1 Å². The normalized spacial score (nSPS) is 13.2. The molecule has 0 fully saturated rings. The molecule has 0 saturated carbocycles. The summed E-state index contributed by atoms with van der Waals surface area (Å²) < 4.78 is -1.48. The van der Waals surface area contributed by atoms with Crippen LogP contribution >= 0.6 is 45.9 Å². The van der Waals surface area contributed by atoms with Crippen LogP contribution in [0.15, 0.2) is 0 Å². The van der Waals surface area contributed by atoms with Gasteiger partial charge in [-0.3, -0.25) is 0 Å². The van der Waals surface area contributed by atoms with E-state index in [0.29, 0.717) is 0 Å². The van der Waals surface area contributed by atoms with Gasteiger partial charge in [0, 0.05) is 7.94 Å². The Labute approximate surface area is 102 Å². The Morgan fingerprint density at radius 2 is 1.25 bits per heavy atom. The maximum Gasteiger partial charge on any atom is 0.225 e. The number of rotatable bonds is 5. The average molecular weight is 394 g/mol. The average Bonchev–Trinajstić information content (AvgIpc) is 1.99. The van der Waals surface area contributed by atoms with Gasteiger partial charge in [-0.2, -0.15) is 0 Å². The molecule has 0 aromatic carbocycles. The van der Waals surface area contributed by atoms with Gasteiger partial charge in [0.2, 0.25) is 3.80 Å². The molecule has 1 radical (unpaired) electrons. The first kappa shape index (κ1) is 13.9. The Bertz CT molecular complexity index is 125. The molecule has 71 valence electrons. The van der Waals surface area contributed by atoms with Crippen LogP contribution in [-0.4, -0.2) is 18.2 Å². The van der Waals surface area contributed by atoms with Crippen molar-refractivity contribution in [1.29, 1.82) is 0 Å². The highest BCUT2D eigenvalue weighted by Crippen LogP contribution is 2.32. The van der Waals surface area contributed by atoms with Gasteiger partial charge in [0.25, 0.3) is 0 Å². The van der Waals surface area contributed by atoms with E-state index in [9.17, 15) is 0 Å². The van der Waals surface area contributed by atoms with E-state index in [4.69, 9.17) is 0 Å². The predicted molar refractivity (Wildman–Crippen MR) is 75.5 cm³/mol. The zero-order valence-corrected chi connectivity index (χ0v) is 14.6. The van der Waals surface area contributed by atoms with Gasteiger partial charge in [-0.1, -0.05) is 38.9 Å². The predicted octanol–water partition coefficient (Wildman–Crippen LogP) is 4.32. The molecule has 0 unspecified atom stereocenters. The van der Waals surface area contributed by atoms with Crippen LogP contribution in [0, 0.1) is 0 Å². The minimum absolute atomic E-state index is 1.06. The number of hydrogen-bond acceptors (Lipinski definition) is 0. The molecule has 0 bridgehead atoms. The standard InChI is InChI=1S/C6H15BBr3Si2/c1-4-11(5-2,6-3)7-12(8,9)10/h4-6H2,1-3H3. The first-order valence-electron chi connectivity index (χ1n) is 4.33. The summed E-state index contributed by atoms with van der Waals surface area (Å²) in [6.07, 6.45) is 0. The number of halogens is 3. The summed E-state index contributed by atoms with van der Waals surface area (Å²) in [5.74, 6) is 0. The smallest absolute Gasteiger partial charge is 0.107 e. The van der Waals surface area contributed by atoms with Crippen molar-refractivity contribution in [2.24, 2.45) is 0 Å². The van der Waals surface area contributed by atoms with Crippen molar-refractivity contribution < 1.29 is 0 Å². The first-order chi connectivity index (χ1) is 5.39. The molecule has 0 aliphatic heterocycles. The third kappa shape index (κ3) is 4.98. The fourth-order valence-electron chi connectivity index (χ4n) is 1.40. The van der Waals surface area contributed by atoms with Crippen molar-refractivity contribution in [2.45, 2.75) is 38.9 Å². The van der Waals surface area contributed by atoms with Crippen LogP contribution < -0.4 is 0 Å². The first-order valence-corrected chi connectivity index (χ1v) is 15.9. The minimum atomic E-state index is -1.48. The van der Waals surface area contributed by atoms with Crippen LogP contribution in [0.5, 0.6) is 0 Å². The van der Waals surface area contributed by atoms with Gasteiger partial charge in [0.05, 0.1) is 0 Å². The molecule has 0 aliphatic carbocycles. The summed E-state index contributed by atoms with van der Waals surface area (Å²) in [5.41, 5.74) is 0. The van der Waals surface area contributed by atoms with Crippen molar-refractivity contribution >= 4 is 64.1 Å². The van der Waals surface area contributed by atoms with E-state index >= 15 is 0 Å². The van der Waals surface area contributed by atoms with Crippen molar-refractivity contribution in [3.63, 3.8) is 0 Å². The topological polar surface area (TPSA) is 0 Å². The van der Waals surface area contributed by atoms with E-state index < -0.39 is 11.7 Å². The van der Waals surface area contributed by atoms with Gasteiger partial charge >= 0.3 is 0 Å². The highest BCUT2D eigenvalue weighted by molar-refractivity contribution is 9.74. The van der Waals surface area contributed by atoms with Gasteiger partial charge in [-0.25, -0.2) is 0 Å². The van der Waals surface area contributed by atoms with Gasteiger partial charge in [-0.05, 0) is 0 Å². The molecule has 0 saturated heterocycles. The molecule has 0 rings (SSSR count). The van der Waals surface area contributed by atoms with Crippen LogP contribution in [-0.2, 0) is 0 Å². The zero-order valence-electron chi connectivity index (χ0n) is 7.83. The monoisotopic (exact) mass is 391 g/mol. The van der Waals surface area contributed by atoms with E-state index in [1.807, 2.05) is 0 Å². The Morgan fingerprint density at radius 1 is 0.917 bits per heavy atom. The largest absolute Gasteiger partial charge is 0.225 e. The summed E-state index contributed by atoms with van der Waals surface area (Å²) in [7, 11) is -1.06. The van der Waals surface area contributed by atoms with Crippen LogP contribution in [0.1, 0.15) is 20.8 Å². The quantitative estimate of drug-likeness (QED) is 0.482. The fraction of sp³-hybridized carbons (Fsp3) is 1.00. The zero-order chi connectivity index (χ0) is 9.83. The van der Waals surface area contributed by atoms with E-state index in [1.54, 1.807) is 0 Å². The third-order valence-electron chi connectivity index (χ3n) is 2.58.